The molecule has 1 N–H and O–H groups in total. The molecule has 1 fully saturated rings. The van der Waals surface area contributed by atoms with Gasteiger partial charge in [-0.2, -0.15) is 0 Å². The summed E-state index contributed by atoms with van der Waals surface area (Å²) in [5.41, 5.74) is 1.36. The van der Waals surface area contributed by atoms with Crippen LogP contribution in [0.25, 0.3) is 0 Å². The van der Waals surface area contributed by atoms with Gasteiger partial charge < -0.3 is 10.2 Å². The Balaban J connectivity index is 1.71. The molecule has 1 aliphatic rings. The summed E-state index contributed by atoms with van der Waals surface area (Å²) in [6.45, 7) is 0.378. The van der Waals surface area contributed by atoms with Crippen molar-refractivity contribution in [2.75, 3.05) is 16.8 Å². The third kappa shape index (κ3) is 3.57. The van der Waals surface area contributed by atoms with E-state index in [-0.39, 0.29) is 24.2 Å². The van der Waals surface area contributed by atoms with E-state index in [9.17, 15) is 9.59 Å². The SMILES string of the molecule is O=C(Nc1ccc(Br)cc1Cl)[C@H]1CC(=O)N(c2ccccc2)C1. The largest absolute Gasteiger partial charge is 0.324 e. The van der Waals surface area contributed by atoms with Crippen molar-refractivity contribution >= 4 is 50.7 Å². The highest BCUT2D eigenvalue weighted by Gasteiger charge is 2.35. The van der Waals surface area contributed by atoms with Gasteiger partial charge in [-0.3, -0.25) is 9.59 Å². The second-order valence-corrected chi connectivity index (χ2v) is 6.68. The van der Waals surface area contributed by atoms with Crippen LogP contribution in [0, 0.1) is 5.92 Å². The number of carbonyl (C=O) groups excluding carboxylic acids is 2. The summed E-state index contributed by atoms with van der Waals surface area (Å²) in [5.74, 6) is -0.623. The maximum absolute atomic E-state index is 12.4. The van der Waals surface area contributed by atoms with Crippen molar-refractivity contribution < 1.29 is 9.59 Å². The summed E-state index contributed by atoms with van der Waals surface area (Å²) in [6, 6.07) is 14.6. The van der Waals surface area contributed by atoms with Crippen molar-refractivity contribution in [3.8, 4) is 0 Å². The van der Waals surface area contributed by atoms with Crippen LogP contribution in [-0.2, 0) is 9.59 Å². The molecule has 0 unspecified atom stereocenters. The first-order valence-electron chi connectivity index (χ1n) is 7.16. The van der Waals surface area contributed by atoms with E-state index in [0.29, 0.717) is 17.3 Å². The Bertz CT molecular complexity index is 752. The molecular weight excluding hydrogens is 380 g/mol. The molecule has 1 atom stereocenters. The van der Waals surface area contributed by atoms with Crippen LogP contribution in [0.1, 0.15) is 6.42 Å². The smallest absolute Gasteiger partial charge is 0.229 e. The highest BCUT2D eigenvalue weighted by molar-refractivity contribution is 9.10. The number of nitrogens with zero attached hydrogens (tertiary/aromatic N) is 1. The Morgan fingerprint density at radius 2 is 1.96 bits per heavy atom. The second-order valence-electron chi connectivity index (χ2n) is 5.35. The monoisotopic (exact) mass is 392 g/mol. The van der Waals surface area contributed by atoms with Crippen LogP contribution in [-0.4, -0.2) is 18.4 Å². The topological polar surface area (TPSA) is 49.4 Å². The lowest BCUT2D eigenvalue weighted by molar-refractivity contribution is -0.122. The molecule has 2 aromatic carbocycles. The van der Waals surface area contributed by atoms with Crippen molar-refractivity contribution in [1.82, 2.24) is 0 Å². The van der Waals surface area contributed by atoms with Crippen LogP contribution in [0.5, 0.6) is 0 Å². The first kappa shape index (κ1) is 16.0. The molecule has 3 rings (SSSR count). The maximum Gasteiger partial charge on any atom is 0.229 e. The van der Waals surface area contributed by atoms with Gasteiger partial charge in [0.1, 0.15) is 0 Å². The summed E-state index contributed by atoms with van der Waals surface area (Å²) < 4.78 is 0.840. The predicted molar refractivity (Wildman–Crippen MR) is 94.7 cm³/mol. The van der Waals surface area contributed by atoms with Gasteiger partial charge in [-0.25, -0.2) is 0 Å². The molecular formula is C17H14BrClN2O2. The number of hydrogen-bond acceptors (Lipinski definition) is 2. The number of para-hydroxylation sites is 1. The van der Waals surface area contributed by atoms with Gasteiger partial charge in [0.05, 0.1) is 16.6 Å². The van der Waals surface area contributed by atoms with E-state index in [0.717, 1.165) is 10.2 Å². The maximum atomic E-state index is 12.4. The van der Waals surface area contributed by atoms with Crippen molar-refractivity contribution in [3.05, 3.63) is 58.0 Å². The fourth-order valence-corrected chi connectivity index (χ4v) is 3.29. The van der Waals surface area contributed by atoms with Crippen LogP contribution in [0.15, 0.2) is 53.0 Å². The van der Waals surface area contributed by atoms with E-state index >= 15 is 0 Å². The fraction of sp³-hybridized carbons (Fsp3) is 0.176. The van der Waals surface area contributed by atoms with Gasteiger partial charge in [0.25, 0.3) is 0 Å². The molecule has 4 nitrogen and oxygen atoms in total. The van der Waals surface area contributed by atoms with E-state index in [1.54, 1.807) is 23.1 Å². The van der Waals surface area contributed by atoms with Gasteiger partial charge in [0.15, 0.2) is 0 Å². The standard InChI is InChI=1S/C17H14BrClN2O2/c18-12-6-7-15(14(19)9-12)20-17(23)11-8-16(22)21(10-11)13-4-2-1-3-5-13/h1-7,9,11H,8,10H2,(H,20,23)/t11-/m0/s1. The van der Waals surface area contributed by atoms with E-state index in [1.807, 2.05) is 30.3 Å². The fourth-order valence-electron chi connectivity index (χ4n) is 2.57. The van der Waals surface area contributed by atoms with Gasteiger partial charge >= 0.3 is 0 Å². The number of benzene rings is 2. The summed E-state index contributed by atoms with van der Waals surface area (Å²) >= 11 is 9.43. The van der Waals surface area contributed by atoms with Gasteiger partial charge in [-0.1, -0.05) is 45.7 Å². The molecule has 0 bridgehead atoms. The van der Waals surface area contributed by atoms with Crippen LogP contribution in [0.4, 0.5) is 11.4 Å². The van der Waals surface area contributed by atoms with Crippen molar-refractivity contribution in [2.24, 2.45) is 5.92 Å². The van der Waals surface area contributed by atoms with Crippen molar-refractivity contribution in [1.29, 1.82) is 0 Å². The molecule has 1 aliphatic heterocycles. The Morgan fingerprint density at radius 3 is 2.65 bits per heavy atom. The number of amides is 2. The molecule has 1 saturated heterocycles. The third-order valence-electron chi connectivity index (χ3n) is 3.75. The molecule has 0 radical (unpaired) electrons. The molecule has 118 valence electrons. The lowest BCUT2D eigenvalue weighted by Gasteiger charge is -2.16. The van der Waals surface area contributed by atoms with Crippen LogP contribution < -0.4 is 10.2 Å². The third-order valence-corrected chi connectivity index (χ3v) is 4.56. The number of anilines is 2. The zero-order valence-corrected chi connectivity index (χ0v) is 14.5. The van der Waals surface area contributed by atoms with Crippen LogP contribution in [0.2, 0.25) is 5.02 Å². The quantitative estimate of drug-likeness (QED) is 0.854. The van der Waals surface area contributed by atoms with E-state index in [2.05, 4.69) is 21.2 Å². The Labute approximate surface area is 147 Å². The molecule has 0 aliphatic carbocycles. The first-order chi connectivity index (χ1) is 11.0. The normalized spacial score (nSPS) is 17.4. The Morgan fingerprint density at radius 1 is 1.22 bits per heavy atom. The molecule has 2 aromatic rings. The predicted octanol–water partition coefficient (Wildman–Crippen LogP) is 4.09. The number of rotatable bonds is 3. The van der Waals surface area contributed by atoms with Crippen LogP contribution in [0.3, 0.4) is 0 Å². The highest BCUT2D eigenvalue weighted by Crippen LogP contribution is 2.29. The first-order valence-corrected chi connectivity index (χ1v) is 8.33. The summed E-state index contributed by atoms with van der Waals surface area (Å²) in [7, 11) is 0. The zero-order chi connectivity index (χ0) is 16.4. The van der Waals surface area contributed by atoms with Gasteiger partial charge in [0.2, 0.25) is 11.8 Å². The summed E-state index contributed by atoms with van der Waals surface area (Å²) in [5, 5.41) is 3.26. The number of nitrogens with one attached hydrogen (secondary N) is 1. The molecule has 23 heavy (non-hydrogen) atoms. The highest BCUT2D eigenvalue weighted by atomic mass is 79.9. The minimum atomic E-state index is -0.387. The molecule has 2 amide bonds. The van der Waals surface area contributed by atoms with Crippen molar-refractivity contribution in [3.63, 3.8) is 0 Å². The number of carbonyl (C=O) groups is 2. The average Bonchev–Trinajstić information content (AvgIpc) is 2.93. The second kappa shape index (κ2) is 6.72. The Kier molecular flexibility index (Phi) is 4.68. The molecule has 0 spiro atoms. The van der Waals surface area contributed by atoms with Crippen molar-refractivity contribution in [2.45, 2.75) is 6.42 Å². The summed E-state index contributed by atoms with van der Waals surface area (Å²) in [4.78, 5) is 26.2. The lowest BCUT2D eigenvalue weighted by Crippen LogP contribution is -2.28. The van der Waals surface area contributed by atoms with Crippen LogP contribution >= 0.6 is 27.5 Å². The lowest BCUT2D eigenvalue weighted by atomic mass is 10.1. The average molecular weight is 394 g/mol. The zero-order valence-electron chi connectivity index (χ0n) is 12.1. The van der Waals surface area contributed by atoms with Gasteiger partial charge in [-0.05, 0) is 30.3 Å². The molecule has 1 heterocycles. The van der Waals surface area contributed by atoms with E-state index in [4.69, 9.17) is 11.6 Å². The Hall–Kier alpha value is -1.85. The van der Waals surface area contributed by atoms with Gasteiger partial charge in [0, 0.05) is 23.1 Å². The molecule has 0 saturated carbocycles. The molecule has 6 heteroatoms. The molecule has 0 aromatic heterocycles. The minimum absolute atomic E-state index is 0.0433. The van der Waals surface area contributed by atoms with Gasteiger partial charge in [-0.15, -0.1) is 0 Å². The van der Waals surface area contributed by atoms with E-state index in [1.165, 1.54) is 0 Å². The minimum Gasteiger partial charge on any atom is -0.324 e. The number of hydrogen-bond donors (Lipinski definition) is 1. The summed E-state index contributed by atoms with van der Waals surface area (Å²) in [6.07, 6.45) is 0.203. The number of halogens is 2. The van der Waals surface area contributed by atoms with E-state index < -0.39 is 0 Å².